The predicted molar refractivity (Wildman–Crippen MR) is 116 cm³/mol. The molecule has 4 rings (SSSR count). The zero-order chi connectivity index (χ0) is 21.1. The first-order chi connectivity index (χ1) is 14.6. The summed E-state index contributed by atoms with van der Waals surface area (Å²) in [6.45, 7) is 6.07. The number of piperazine rings is 1. The fourth-order valence-electron chi connectivity index (χ4n) is 4.52. The van der Waals surface area contributed by atoms with Crippen LogP contribution in [0.3, 0.4) is 0 Å². The SMILES string of the molecule is Cn1ccc2c1C(N=O)CCN(CCCN1CCN(c3ccc(O)cc3)CC1)C2=O. The number of aryl methyl sites for hydroxylation is 1. The van der Waals surface area contributed by atoms with E-state index in [1.54, 1.807) is 18.2 Å². The Hall–Kier alpha value is -2.87. The van der Waals surface area contributed by atoms with Crippen molar-refractivity contribution in [2.75, 3.05) is 50.7 Å². The summed E-state index contributed by atoms with van der Waals surface area (Å²) in [5.41, 5.74) is 2.49. The Balaban J connectivity index is 1.27. The van der Waals surface area contributed by atoms with Crippen molar-refractivity contribution in [1.82, 2.24) is 14.4 Å². The summed E-state index contributed by atoms with van der Waals surface area (Å²) in [6.07, 6.45) is 3.32. The van der Waals surface area contributed by atoms with E-state index in [2.05, 4.69) is 15.0 Å². The van der Waals surface area contributed by atoms with Gasteiger partial charge in [-0.1, -0.05) is 5.18 Å². The smallest absolute Gasteiger partial charge is 0.255 e. The van der Waals surface area contributed by atoms with Crippen LogP contribution in [0.4, 0.5) is 5.69 Å². The molecule has 0 spiro atoms. The molecule has 1 aromatic heterocycles. The third-order valence-corrected chi connectivity index (χ3v) is 6.24. The zero-order valence-electron chi connectivity index (χ0n) is 17.4. The van der Waals surface area contributed by atoms with Crippen molar-refractivity contribution in [2.24, 2.45) is 12.2 Å². The molecule has 0 aliphatic carbocycles. The van der Waals surface area contributed by atoms with Gasteiger partial charge < -0.3 is 19.5 Å². The molecular formula is C22H29N5O3. The lowest BCUT2D eigenvalue weighted by Crippen LogP contribution is -2.47. The first-order valence-corrected chi connectivity index (χ1v) is 10.6. The number of benzene rings is 1. The molecule has 1 amide bonds. The lowest BCUT2D eigenvalue weighted by molar-refractivity contribution is 0.0751. The Morgan fingerprint density at radius 1 is 1.03 bits per heavy atom. The number of carbonyl (C=O) groups is 1. The van der Waals surface area contributed by atoms with Crippen molar-refractivity contribution in [3.63, 3.8) is 0 Å². The Kier molecular flexibility index (Phi) is 6.03. The van der Waals surface area contributed by atoms with Crippen LogP contribution in [0.5, 0.6) is 5.75 Å². The molecule has 0 saturated carbocycles. The number of aromatic nitrogens is 1. The van der Waals surface area contributed by atoms with Crippen LogP contribution in [0, 0.1) is 4.91 Å². The summed E-state index contributed by atoms with van der Waals surface area (Å²) in [4.78, 5) is 30.9. The molecule has 0 radical (unpaired) electrons. The molecule has 8 nitrogen and oxygen atoms in total. The van der Waals surface area contributed by atoms with Gasteiger partial charge in [0.05, 0.1) is 11.3 Å². The maximum atomic E-state index is 12.9. The number of hydrogen-bond donors (Lipinski definition) is 1. The fourth-order valence-corrected chi connectivity index (χ4v) is 4.52. The van der Waals surface area contributed by atoms with Crippen molar-refractivity contribution in [2.45, 2.75) is 18.9 Å². The Morgan fingerprint density at radius 3 is 2.47 bits per heavy atom. The molecule has 1 fully saturated rings. The third kappa shape index (κ3) is 4.18. The molecule has 1 atom stereocenters. The molecular weight excluding hydrogens is 382 g/mol. The normalized spacial score (nSPS) is 20.2. The molecule has 1 N–H and O–H groups in total. The van der Waals surface area contributed by atoms with Crippen LogP contribution in [-0.4, -0.2) is 71.2 Å². The van der Waals surface area contributed by atoms with Crippen molar-refractivity contribution in [1.29, 1.82) is 0 Å². The molecule has 0 bridgehead atoms. The number of phenolic OH excluding ortho intramolecular Hbond substituents is 1. The highest BCUT2D eigenvalue weighted by molar-refractivity contribution is 5.96. The number of carbonyl (C=O) groups excluding carboxylic acids is 1. The lowest BCUT2D eigenvalue weighted by atomic mass is 10.1. The monoisotopic (exact) mass is 411 g/mol. The van der Waals surface area contributed by atoms with Gasteiger partial charge in [0.2, 0.25) is 0 Å². The summed E-state index contributed by atoms with van der Waals surface area (Å²) in [7, 11) is 1.86. The molecule has 1 unspecified atom stereocenters. The number of amides is 1. The highest BCUT2D eigenvalue weighted by Gasteiger charge is 2.31. The lowest BCUT2D eigenvalue weighted by Gasteiger charge is -2.36. The standard InChI is InChI=1S/C22H29N5O3/c1-24-11-7-19-21(24)20(23-30)8-12-27(22(19)29)10-2-9-25-13-15-26(16-14-25)17-3-5-18(28)6-4-17/h3-7,11,20,28H,2,8-10,12-16H2,1H3. The minimum absolute atomic E-state index is 0.00824. The molecule has 160 valence electrons. The minimum Gasteiger partial charge on any atom is -0.508 e. The average molecular weight is 412 g/mol. The number of phenols is 1. The third-order valence-electron chi connectivity index (χ3n) is 6.24. The van der Waals surface area contributed by atoms with Gasteiger partial charge in [0.15, 0.2) is 0 Å². The second-order valence-electron chi connectivity index (χ2n) is 8.13. The van der Waals surface area contributed by atoms with Crippen LogP contribution < -0.4 is 4.90 Å². The fraction of sp³-hybridized carbons (Fsp3) is 0.500. The minimum atomic E-state index is -0.457. The van der Waals surface area contributed by atoms with Crippen LogP contribution in [0.15, 0.2) is 41.7 Å². The van der Waals surface area contributed by atoms with Gasteiger partial charge in [-0.3, -0.25) is 9.69 Å². The number of nitroso groups, excluding NO2 is 1. The summed E-state index contributed by atoms with van der Waals surface area (Å²) in [6, 6.07) is 8.70. The maximum Gasteiger partial charge on any atom is 0.255 e. The topological polar surface area (TPSA) is 81.4 Å². The van der Waals surface area contributed by atoms with Gasteiger partial charge in [-0.2, -0.15) is 4.91 Å². The van der Waals surface area contributed by atoms with Crippen molar-refractivity contribution < 1.29 is 9.90 Å². The van der Waals surface area contributed by atoms with Crippen molar-refractivity contribution in [3.05, 3.63) is 52.7 Å². The van der Waals surface area contributed by atoms with Crippen molar-refractivity contribution >= 4 is 11.6 Å². The second-order valence-corrected chi connectivity index (χ2v) is 8.13. The summed E-state index contributed by atoms with van der Waals surface area (Å²) in [5.74, 6) is 0.298. The average Bonchev–Trinajstić information content (AvgIpc) is 3.08. The van der Waals surface area contributed by atoms with E-state index in [0.717, 1.165) is 50.5 Å². The van der Waals surface area contributed by atoms with Gasteiger partial charge in [0.25, 0.3) is 5.91 Å². The van der Waals surface area contributed by atoms with E-state index in [-0.39, 0.29) is 5.91 Å². The molecule has 3 heterocycles. The van der Waals surface area contributed by atoms with E-state index in [1.807, 2.05) is 34.8 Å². The first kappa shape index (κ1) is 20.4. The molecule has 1 saturated heterocycles. The van der Waals surface area contributed by atoms with Crippen LogP contribution in [0.25, 0.3) is 0 Å². The molecule has 30 heavy (non-hydrogen) atoms. The van der Waals surface area contributed by atoms with Crippen LogP contribution in [0.2, 0.25) is 0 Å². The van der Waals surface area contributed by atoms with E-state index in [0.29, 0.717) is 30.8 Å². The van der Waals surface area contributed by atoms with Gasteiger partial charge in [-0.05, 0) is 49.7 Å². The molecule has 1 aromatic carbocycles. The summed E-state index contributed by atoms with van der Waals surface area (Å²) in [5, 5.41) is 12.7. The zero-order valence-corrected chi connectivity index (χ0v) is 17.4. The quantitative estimate of drug-likeness (QED) is 0.739. The van der Waals surface area contributed by atoms with Crippen LogP contribution in [0.1, 0.15) is 34.9 Å². The van der Waals surface area contributed by atoms with E-state index in [1.165, 1.54) is 0 Å². The van der Waals surface area contributed by atoms with Gasteiger partial charge in [-0.25, -0.2) is 0 Å². The second kappa shape index (κ2) is 8.87. The highest BCUT2D eigenvalue weighted by atomic mass is 16.3. The van der Waals surface area contributed by atoms with Crippen LogP contribution >= 0.6 is 0 Å². The Morgan fingerprint density at radius 2 is 1.77 bits per heavy atom. The van der Waals surface area contributed by atoms with Gasteiger partial charge >= 0.3 is 0 Å². The van der Waals surface area contributed by atoms with E-state index in [9.17, 15) is 14.8 Å². The number of rotatable bonds is 6. The first-order valence-electron chi connectivity index (χ1n) is 10.6. The van der Waals surface area contributed by atoms with Crippen LogP contribution in [-0.2, 0) is 7.05 Å². The van der Waals surface area contributed by atoms with E-state index >= 15 is 0 Å². The number of nitrogens with zero attached hydrogens (tertiary/aromatic N) is 5. The van der Waals surface area contributed by atoms with Gasteiger partial charge in [-0.15, -0.1) is 0 Å². The van der Waals surface area contributed by atoms with Gasteiger partial charge in [0, 0.05) is 58.2 Å². The largest absolute Gasteiger partial charge is 0.508 e. The number of anilines is 1. The Bertz CT molecular complexity index is 887. The maximum absolute atomic E-state index is 12.9. The molecule has 8 heteroatoms. The van der Waals surface area contributed by atoms with Crippen molar-refractivity contribution in [3.8, 4) is 5.75 Å². The predicted octanol–water partition coefficient (Wildman–Crippen LogP) is 2.60. The number of fused-ring (bicyclic) bond motifs is 1. The molecule has 2 aliphatic rings. The summed E-state index contributed by atoms with van der Waals surface area (Å²) >= 11 is 0. The molecule has 2 aliphatic heterocycles. The van der Waals surface area contributed by atoms with Gasteiger partial charge in [0.1, 0.15) is 11.8 Å². The highest BCUT2D eigenvalue weighted by Crippen LogP contribution is 2.30. The number of aromatic hydroxyl groups is 1. The Labute approximate surface area is 176 Å². The van der Waals surface area contributed by atoms with E-state index in [4.69, 9.17) is 0 Å². The summed E-state index contributed by atoms with van der Waals surface area (Å²) < 4.78 is 1.84. The number of hydrogen-bond acceptors (Lipinski definition) is 6. The molecule has 2 aromatic rings. The van der Waals surface area contributed by atoms with E-state index < -0.39 is 6.04 Å².